The first kappa shape index (κ1) is 13.8. The summed E-state index contributed by atoms with van der Waals surface area (Å²) in [7, 11) is 0. The maximum atomic E-state index is 11.5. The third-order valence-corrected chi connectivity index (χ3v) is 4.29. The van der Waals surface area contributed by atoms with Crippen molar-refractivity contribution in [1.82, 2.24) is 14.8 Å². The van der Waals surface area contributed by atoms with Crippen molar-refractivity contribution in [2.45, 2.75) is 25.7 Å². The minimum atomic E-state index is -0.270. The number of ketones is 1. The lowest BCUT2D eigenvalue weighted by Gasteiger charge is -2.30. The van der Waals surface area contributed by atoms with E-state index in [0.717, 1.165) is 5.69 Å². The molecule has 1 aromatic heterocycles. The standard InChI is InChI=1S/C14H14N4O2S/c1-9-13(20)15-14-18(16-9)7-17(8-21-14)12-5-3-11(4-6-12)10(2)19/h3-6H,7-8H2,1-2H3. The molecule has 0 atom stereocenters. The predicted molar refractivity (Wildman–Crippen MR) is 80.7 cm³/mol. The molecule has 0 amide bonds. The summed E-state index contributed by atoms with van der Waals surface area (Å²) in [5, 5.41) is 4.90. The lowest BCUT2D eigenvalue weighted by molar-refractivity contribution is 0.101. The topological polar surface area (TPSA) is 68.1 Å². The van der Waals surface area contributed by atoms with Crippen LogP contribution in [0, 0.1) is 6.92 Å². The minimum absolute atomic E-state index is 0.0544. The highest BCUT2D eigenvalue weighted by Crippen LogP contribution is 2.26. The van der Waals surface area contributed by atoms with Gasteiger partial charge in [-0.05, 0) is 38.1 Å². The first-order valence-electron chi connectivity index (χ1n) is 6.49. The van der Waals surface area contributed by atoms with Gasteiger partial charge in [0.05, 0.1) is 5.88 Å². The molecule has 0 radical (unpaired) electrons. The summed E-state index contributed by atoms with van der Waals surface area (Å²) in [6.07, 6.45) is 0. The monoisotopic (exact) mass is 302 g/mol. The number of aromatic nitrogens is 3. The minimum Gasteiger partial charge on any atom is -0.342 e. The summed E-state index contributed by atoms with van der Waals surface area (Å²) in [5.74, 6) is 0.745. The van der Waals surface area contributed by atoms with Crippen LogP contribution in [-0.2, 0) is 6.67 Å². The van der Waals surface area contributed by atoms with E-state index in [9.17, 15) is 9.59 Å². The van der Waals surface area contributed by atoms with Gasteiger partial charge in [-0.3, -0.25) is 9.59 Å². The first-order chi connectivity index (χ1) is 10.0. The van der Waals surface area contributed by atoms with Crippen LogP contribution in [0.5, 0.6) is 0 Å². The summed E-state index contributed by atoms with van der Waals surface area (Å²) < 4.78 is 1.73. The van der Waals surface area contributed by atoms with Crippen molar-refractivity contribution in [3.8, 4) is 0 Å². The molecule has 6 nitrogen and oxygen atoms in total. The molecule has 0 bridgehead atoms. The number of aryl methyl sites for hydroxylation is 1. The zero-order chi connectivity index (χ0) is 15.0. The van der Waals surface area contributed by atoms with Crippen LogP contribution in [0.3, 0.4) is 0 Å². The molecular weight excluding hydrogens is 288 g/mol. The van der Waals surface area contributed by atoms with Gasteiger partial charge in [-0.25, -0.2) is 4.68 Å². The van der Waals surface area contributed by atoms with E-state index in [4.69, 9.17) is 0 Å². The molecule has 0 N–H and O–H groups in total. The Kier molecular flexibility index (Phi) is 3.50. The number of Topliss-reactive ketones (excluding diaryl/α,β-unsaturated/α-hetero) is 1. The van der Waals surface area contributed by atoms with Gasteiger partial charge in [-0.2, -0.15) is 10.1 Å². The van der Waals surface area contributed by atoms with Gasteiger partial charge in [0.1, 0.15) is 12.4 Å². The average Bonchev–Trinajstić information content (AvgIpc) is 2.48. The largest absolute Gasteiger partial charge is 0.342 e. The van der Waals surface area contributed by atoms with Crippen LogP contribution >= 0.6 is 11.8 Å². The van der Waals surface area contributed by atoms with Crippen LogP contribution in [0.4, 0.5) is 5.69 Å². The number of anilines is 1. The Bertz CT molecular complexity index is 755. The van der Waals surface area contributed by atoms with Gasteiger partial charge in [0.2, 0.25) is 0 Å². The van der Waals surface area contributed by atoms with E-state index < -0.39 is 0 Å². The molecule has 0 spiro atoms. The Balaban J connectivity index is 1.87. The number of thioether (sulfide) groups is 1. The number of carbonyl (C=O) groups is 1. The molecular formula is C14H14N4O2S. The van der Waals surface area contributed by atoms with Crippen LogP contribution in [0.15, 0.2) is 34.2 Å². The zero-order valence-corrected chi connectivity index (χ0v) is 12.6. The molecule has 0 fully saturated rings. The van der Waals surface area contributed by atoms with Crippen molar-refractivity contribution in [3.63, 3.8) is 0 Å². The second-order valence-corrected chi connectivity index (χ2v) is 5.75. The van der Waals surface area contributed by atoms with Gasteiger partial charge < -0.3 is 4.90 Å². The quantitative estimate of drug-likeness (QED) is 0.786. The number of hydrogen-bond donors (Lipinski definition) is 0. The van der Waals surface area contributed by atoms with Gasteiger partial charge in [0, 0.05) is 11.3 Å². The Morgan fingerprint density at radius 2 is 2.00 bits per heavy atom. The Hall–Kier alpha value is -2.15. The number of hydrogen-bond acceptors (Lipinski definition) is 6. The van der Waals surface area contributed by atoms with Crippen LogP contribution in [0.2, 0.25) is 0 Å². The smallest absolute Gasteiger partial charge is 0.295 e. The molecule has 0 aliphatic carbocycles. The first-order valence-corrected chi connectivity index (χ1v) is 7.47. The third-order valence-electron chi connectivity index (χ3n) is 3.29. The normalized spacial score (nSPS) is 13.9. The second kappa shape index (κ2) is 5.33. The second-order valence-electron chi connectivity index (χ2n) is 4.84. The van der Waals surface area contributed by atoms with Crippen LogP contribution < -0.4 is 10.5 Å². The van der Waals surface area contributed by atoms with Gasteiger partial charge in [0.15, 0.2) is 10.9 Å². The van der Waals surface area contributed by atoms with Crippen molar-refractivity contribution in [1.29, 1.82) is 0 Å². The Labute approximate surface area is 125 Å². The van der Waals surface area contributed by atoms with E-state index in [1.807, 2.05) is 24.3 Å². The molecule has 1 aliphatic heterocycles. The van der Waals surface area contributed by atoms with Crippen molar-refractivity contribution in [2.24, 2.45) is 0 Å². The lowest BCUT2D eigenvalue weighted by Crippen LogP contribution is -2.35. The third kappa shape index (κ3) is 2.69. The fourth-order valence-electron chi connectivity index (χ4n) is 2.09. The van der Waals surface area contributed by atoms with E-state index in [1.54, 1.807) is 18.5 Å². The van der Waals surface area contributed by atoms with Gasteiger partial charge in [-0.1, -0.05) is 11.8 Å². The fraction of sp³-hybridized carbons (Fsp3) is 0.286. The Morgan fingerprint density at radius 3 is 2.67 bits per heavy atom. The van der Waals surface area contributed by atoms with Crippen molar-refractivity contribution in [3.05, 3.63) is 45.9 Å². The summed E-state index contributed by atoms with van der Waals surface area (Å²) in [5.41, 5.74) is 1.83. The van der Waals surface area contributed by atoms with E-state index in [0.29, 0.717) is 29.0 Å². The molecule has 0 saturated heterocycles. The predicted octanol–water partition coefficient (Wildman–Crippen LogP) is 1.68. The van der Waals surface area contributed by atoms with E-state index in [1.165, 1.54) is 11.8 Å². The highest BCUT2D eigenvalue weighted by Gasteiger charge is 2.19. The van der Waals surface area contributed by atoms with Gasteiger partial charge >= 0.3 is 0 Å². The number of fused-ring (bicyclic) bond motifs is 1. The molecule has 3 rings (SSSR count). The maximum absolute atomic E-state index is 11.5. The summed E-state index contributed by atoms with van der Waals surface area (Å²) in [4.78, 5) is 28.9. The molecule has 1 aromatic carbocycles. The molecule has 1 aliphatic rings. The lowest BCUT2D eigenvalue weighted by atomic mass is 10.1. The highest BCUT2D eigenvalue weighted by atomic mass is 32.2. The SMILES string of the molecule is CC(=O)c1ccc(N2CSc3nc(=O)c(C)nn3C2)cc1. The molecule has 21 heavy (non-hydrogen) atoms. The van der Waals surface area contributed by atoms with Crippen molar-refractivity contribution < 1.29 is 4.79 Å². The molecule has 0 saturated carbocycles. The number of rotatable bonds is 2. The average molecular weight is 302 g/mol. The molecule has 108 valence electrons. The van der Waals surface area contributed by atoms with Crippen LogP contribution in [0.25, 0.3) is 0 Å². The van der Waals surface area contributed by atoms with Crippen molar-refractivity contribution in [2.75, 3.05) is 10.8 Å². The molecule has 2 heterocycles. The van der Waals surface area contributed by atoms with E-state index in [-0.39, 0.29) is 11.3 Å². The van der Waals surface area contributed by atoms with Crippen molar-refractivity contribution >= 4 is 23.2 Å². The Morgan fingerprint density at radius 1 is 1.29 bits per heavy atom. The summed E-state index contributed by atoms with van der Waals surface area (Å²) >= 11 is 1.47. The maximum Gasteiger partial charge on any atom is 0.295 e. The molecule has 2 aromatic rings. The molecule has 7 heteroatoms. The number of benzene rings is 1. The highest BCUT2D eigenvalue weighted by molar-refractivity contribution is 7.99. The van der Waals surface area contributed by atoms with Gasteiger partial charge in [0.25, 0.3) is 5.56 Å². The molecule has 0 unspecified atom stereocenters. The van der Waals surface area contributed by atoms with E-state index in [2.05, 4.69) is 15.0 Å². The van der Waals surface area contributed by atoms with Gasteiger partial charge in [-0.15, -0.1) is 0 Å². The number of nitrogens with zero attached hydrogens (tertiary/aromatic N) is 4. The van der Waals surface area contributed by atoms with Crippen LogP contribution in [0.1, 0.15) is 23.0 Å². The fourth-order valence-corrected chi connectivity index (χ4v) is 2.99. The van der Waals surface area contributed by atoms with Crippen LogP contribution in [-0.4, -0.2) is 26.4 Å². The van der Waals surface area contributed by atoms with E-state index >= 15 is 0 Å². The summed E-state index contributed by atoms with van der Waals surface area (Å²) in [6, 6.07) is 7.48. The number of carbonyl (C=O) groups excluding carboxylic acids is 1. The zero-order valence-electron chi connectivity index (χ0n) is 11.7. The summed E-state index contributed by atoms with van der Waals surface area (Å²) in [6.45, 7) is 3.75.